The molecule has 3 heterocycles. The van der Waals surface area contributed by atoms with Crippen LogP contribution in [0.15, 0.2) is 36.8 Å². The van der Waals surface area contributed by atoms with E-state index < -0.39 is 27.4 Å². The van der Waals surface area contributed by atoms with Gasteiger partial charge in [-0.25, -0.2) is 18.4 Å². The number of ether oxygens (including phenoxy) is 3. The van der Waals surface area contributed by atoms with Crippen molar-refractivity contribution in [3.8, 4) is 11.5 Å². The molecule has 196 valence electrons. The Hall–Kier alpha value is -2.71. The van der Waals surface area contributed by atoms with Crippen molar-refractivity contribution >= 4 is 27.6 Å². The second kappa shape index (κ2) is 12.5. The molecule has 0 saturated heterocycles. The molecule has 0 bridgehead atoms. The molecule has 1 N–H and O–H groups in total. The largest absolute Gasteiger partial charge is 0.382 e. The van der Waals surface area contributed by atoms with Crippen LogP contribution in [-0.2, 0) is 24.2 Å². The Kier molecular flexibility index (Phi) is 9.68. The zero-order valence-electron chi connectivity index (χ0n) is 20.7. The van der Waals surface area contributed by atoms with E-state index in [-0.39, 0.29) is 31.1 Å². The van der Waals surface area contributed by atoms with Crippen molar-refractivity contribution in [2.45, 2.75) is 44.3 Å². The molecule has 0 amide bonds. The van der Waals surface area contributed by atoms with Crippen molar-refractivity contribution in [3.05, 3.63) is 47.6 Å². The van der Waals surface area contributed by atoms with Crippen LogP contribution in [0.3, 0.4) is 0 Å². The minimum absolute atomic E-state index is 0.0121. The van der Waals surface area contributed by atoms with E-state index in [1.807, 2.05) is 0 Å². The molecule has 0 spiro atoms. The predicted octanol–water partition coefficient (Wildman–Crippen LogP) is 2.91. The summed E-state index contributed by atoms with van der Waals surface area (Å²) in [5, 5.41) is 7.57. The summed E-state index contributed by atoms with van der Waals surface area (Å²) in [6.45, 7) is 5.54. The molecule has 3 aromatic rings. The summed E-state index contributed by atoms with van der Waals surface area (Å²) in [6, 6.07) is 4.88. The zero-order valence-corrected chi connectivity index (χ0v) is 22.3. The molecule has 0 aliphatic carbocycles. The Morgan fingerprint density at radius 1 is 1.03 bits per heavy atom. The molecule has 0 unspecified atom stereocenters. The van der Waals surface area contributed by atoms with Gasteiger partial charge in [0.2, 0.25) is 16.0 Å². The van der Waals surface area contributed by atoms with Crippen molar-refractivity contribution < 1.29 is 22.6 Å². The maximum atomic E-state index is 13.6. The summed E-state index contributed by atoms with van der Waals surface area (Å²) >= 11 is 5.91. The Morgan fingerprint density at radius 3 is 2.25 bits per heavy atom. The number of nitrogens with one attached hydrogen (secondary N) is 1. The quantitative estimate of drug-likeness (QED) is 0.344. The predicted molar refractivity (Wildman–Crippen MR) is 134 cm³/mol. The summed E-state index contributed by atoms with van der Waals surface area (Å²) in [5.74, 6) is 0.538. The van der Waals surface area contributed by atoms with Crippen LogP contribution < -0.4 is 4.72 Å². The van der Waals surface area contributed by atoms with Gasteiger partial charge in [0.05, 0.1) is 30.4 Å². The van der Waals surface area contributed by atoms with E-state index >= 15 is 0 Å². The van der Waals surface area contributed by atoms with E-state index in [4.69, 9.17) is 25.8 Å². The topological polar surface area (TPSA) is 143 Å². The van der Waals surface area contributed by atoms with Gasteiger partial charge in [-0.2, -0.15) is 0 Å². The summed E-state index contributed by atoms with van der Waals surface area (Å²) in [7, 11) is -1.00. The lowest BCUT2D eigenvalue weighted by atomic mass is 10.2. The summed E-state index contributed by atoms with van der Waals surface area (Å²) in [4.78, 5) is 12.7. The fourth-order valence-corrected chi connectivity index (χ4v) is 4.67. The normalized spacial score (nSPS) is 13.8. The summed E-state index contributed by atoms with van der Waals surface area (Å²) in [5.41, 5.74) is 0.510. The molecule has 0 aromatic carbocycles. The number of nitrogens with zero attached hydrogens (tertiary/aromatic N) is 6. The molecule has 0 radical (unpaired) electrons. The average Bonchev–Trinajstić information content (AvgIpc) is 3.25. The molecular weight excluding hydrogens is 510 g/mol. The van der Waals surface area contributed by atoms with E-state index in [2.05, 4.69) is 29.9 Å². The molecule has 36 heavy (non-hydrogen) atoms. The number of pyridine rings is 1. The van der Waals surface area contributed by atoms with Crippen LogP contribution in [0.25, 0.3) is 11.5 Å². The number of aromatic nitrogens is 6. The van der Waals surface area contributed by atoms with Crippen LogP contribution in [0.4, 0.5) is 5.95 Å². The lowest BCUT2D eigenvalue weighted by Gasteiger charge is -2.26. The molecule has 0 aliphatic heterocycles. The van der Waals surface area contributed by atoms with Gasteiger partial charge in [-0.05, 0) is 32.9 Å². The van der Waals surface area contributed by atoms with E-state index in [0.717, 1.165) is 0 Å². The van der Waals surface area contributed by atoms with Gasteiger partial charge in [0, 0.05) is 32.8 Å². The van der Waals surface area contributed by atoms with E-state index in [1.165, 1.54) is 19.3 Å². The smallest absolute Gasteiger partial charge is 0.240 e. The zero-order chi connectivity index (χ0) is 26.3. The maximum absolute atomic E-state index is 13.6. The van der Waals surface area contributed by atoms with Gasteiger partial charge in [-0.3, -0.25) is 14.3 Å². The Labute approximate surface area is 215 Å². The number of sulfonamides is 1. The van der Waals surface area contributed by atoms with E-state index in [0.29, 0.717) is 16.5 Å². The first-order valence-corrected chi connectivity index (χ1v) is 13.1. The second-order valence-electron chi connectivity index (χ2n) is 8.21. The van der Waals surface area contributed by atoms with Gasteiger partial charge in [0.15, 0.2) is 11.6 Å². The molecule has 12 nitrogen and oxygen atoms in total. The van der Waals surface area contributed by atoms with Crippen LogP contribution in [0.1, 0.15) is 38.7 Å². The van der Waals surface area contributed by atoms with Crippen molar-refractivity contribution in [1.82, 2.24) is 29.7 Å². The number of halogens is 1. The SMILES string of the molecule is COCC(COC)n1c(NS(=O)(=O)[C@@H](C)[C@@H](OC(C)C)c2ncc(Cl)cn2)nnc1-c1ccccn1. The molecule has 0 fully saturated rings. The van der Waals surface area contributed by atoms with E-state index in [9.17, 15) is 8.42 Å². The summed E-state index contributed by atoms with van der Waals surface area (Å²) in [6.07, 6.45) is 3.13. The highest BCUT2D eigenvalue weighted by molar-refractivity contribution is 7.93. The number of methoxy groups -OCH3 is 2. The number of hydrogen-bond acceptors (Lipinski definition) is 10. The van der Waals surface area contributed by atoms with Crippen molar-refractivity contribution in [1.29, 1.82) is 0 Å². The summed E-state index contributed by atoms with van der Waals surface area (Å²) < 4.78 is 47.9. The van der Waals surface area contributed by atoms with Gasteiger partial charge in [-0.1, -0.05) is 17.7 Å². The minimum atomic E-state index is -4.08. The molecule has 0 saturated carbocycles. The molecule has 3 aromatic heterocycles. The third-order valence-corrected chi connectivity index (χ3v) is 7.02. The Balaban J connectivity index is 2.02. The second-order valence-corrected chi connectivity index (χ2v) is 10.7. The number of rotatable bonds is 13. The van der Waals surface area contributed by atoms with E-state index in [1.54, 1.807) is 57.0 Å². The van der Waals surface area contributed by atoms with Crippen molar-refractivity contribution in [2.24, 2.45) is 0 Å². The first-order valence-electron chi connectivity index (χ1n) is 11.2. The van der Waals surface area contributed by atoms with Crippen LogP contribution in [0.2, 0.25) is 5.02 Å². The fourth-order valence-electron chi connectivity index (χ4n) is 3.49. The molecule has 2 atom stereocenters. The van der Waals surface area contributed by atoms with Gasteiger partial charge >= 0.3 is 0 Å². The highest BCUT2D eigenvalue weighted by Gasteiger charge is 2.36. The van der Waals surface area contributed by atoms with Crippen molar-refractivity contribution in [3.63, 3.8) is 0 Å². The van der Waals surface area contributed by atoms with Gasteiger partial charge in [-0.15, -0.1) is 10.2 Å². The third kappa shape index (κ3) is 6.73. The van der Waals surface area contributed by atoms with Crippen LogP contribution in [0, 0.1) is 0 Å². The average molecular weight is 540 g/mol. The Morgan fingerprint density at radius 2 is 1.69 bits per heavy atom. The molecule has 0 aliphatic rings. The Bertz CT molecular complexity index is 1200. The lowest BCUT2D eigenvalue weighted by Crippen LogP contribution is -2.35. The lowest BCUT2D eigenvalue weighted by molar-refractivity contribution is 0.00154. The minimum Gasteiger partial charge on any atom is -0.382 e. The van der Waals surface area contributed by atoms with Crippen molar-refractivity contribution in [2.75, 3.05) is 32.2 Å². The number of anilines is 1. The highest BCUT2D eigenvalue weighted by Crippen LogP contribution is 2.29. The first kappa shape index (κ1) is 27.9. The third-order valence-electron chi connectivity index (χ3n) is 5.14. The monoisotopic (exact) mass is 539 g/mol. The highest BCUT2D eigenvalue weighted by atomic mass is 35.5. The first-order chi connectivity index (χ1) is 17.2. The molecular formula is C22H30ClN7O5S. The van der Waals surface area contributed by atoms with Crippen LogP contribution >= 0.6 is 11.6 Å². The molecule has 3 rings (SSSR count). The van der Waals surface area contributed by atoms with Gasteiger partial charge in [0.25, 0.3) is 0 Å². The standard InChI is InChI=1S/C22H30ClN7O5S/c1-14(2)35-19(20-25-10-16(23)11-26-20)15(3)36(31,32)29-22-28-27-21(18-8-6-7-9-24-18)30(22)17(12-33-4)13-34-5/h6-11,14-15,17,19H,12-13H2,1-5H3,(H,28,29)/t15-,19+/m0/s1. The molecule has 14 heteroatoms. The fraction of sp³-hybridized carbons (Fsp3) is 0.500. The van der Waals surface area contributed by atoms with Crippen LogP contribution in [0.5, 0.6) is 0 Å². The maximum Gasteiger partial charge on any atom is 0.240 e. The number of hydrogen-bond donors (Lipinski definition) is 1. The van der Waals surface area contributed by atoms with Gasteiger partial charge in [0.1, 0.15) is 17.0 Å². The van der Waals surface area contributed by atoms with Gasteiger partial charge < -0.3 is 14.2 Å². The van der Waals surface area contributed by atoms with Crippen LogP contribution in [-0.4, -0.2) is 76.9 Å².